The van der Waals surface area contributed by atoms with Crippen molar-refractivity contribution in [2.24, 2.45) is 0 Å². The van der Waals surface area contributed by atoms with Crippen LogP contribution in [0, 0.1) is 0 Å². The average molecular weight is 216 g/mol. The minimum atomic E-state index is -0.155. The molecule has 0 aromatic rings. The average Bonchev–Trinajstić information content (AvgIpc) is 2.74. The van der Waals surface area contributed by atoms with E-state index < -0.39 is 0 Å². The molecule has 1 unspecified atom stereocenters. The number of aliphatic hydroxyl groups is 1. The van der Waals surface area contributed by atoms with Crippen LogP contribution in [-0.2, 0) is 0 Å². The van der Waals surface area contributed by atoms with Gasteiger partial charge in [-0.3, -0.25) is 4.90 Å². The van der Waals surface area contributed by atoms with Gasteiger partial charge in [0.2, 0.25) is 0 Å². The molecule has 2 rings (SSSR count). The van der Waals surface area contributed by atoms with E-state index in [0.717, 1.165) is 13.1 Å². The first-order valence-electron chi connectivity index (χ1n) is 5.46. The standard InChI is InChI=1S/C10H20N2OS/c1-14-7-8-3-2-4-12(8)9-5-11-6-10(9)13/h8-11,13H,2-7H2,1H3/t8?,9-,10-/m1/s1. The summed E-state index contributed by atoms with van der Waals surface area (Å²) in [5.74, 6) is 1.21. The van der Waals surface area contributed by atoms with Crippen molar-refractivity contribution in [1.82, 2.24) is 10.2 Å². The second-order valence-electron chi connectivity index (χ2n) is 4.28. The SMILES string of the molecule is CSCC1CCCN1[C@@H]1CNC[C@H]1O. The minimum Gasteiger partial charge on any atom is -0.390 e. The zero-order valence-electron chi connectivity index (χ0n) is 8.78. The largest absolute Gasteiger partial charge is 0.390 e. The van der Waals surface area contributed by atoms with E-state index in [-0.39, 0.29) is 6.10 Å². The molecule has 3 nitrogen and oxygen atoms in total. The molecule has 0 saturated carbocycles. The van der Waals surface area contributed by atoms with Gasteiger partial charge in [0.05, 0.1) is 6.10 Å². The van der Waals surface area contributed by atoms with Gasteiger partial charge in [-0.1, -0.05) is 0 Å². The maximum atomic E-state index is 9.82. The molecule has 14 heavy (non-hydrogen) atoms. The Hall–Kier alpha value is 0.230. The molecule has 82 valence electrons. The van der Waals surface area contributed by atoms with Crippen molar-refractivity contribution in [3.8, 4) is 0 Å². The summed E-state index contributed by atoms with van der Waals surface area (Å²) in [5, 5.41) is 13.1. The van der Waals surface area contributed by atoms with Gasteiger partial charge in [0.25, 0.3) is 0 Å². The Labute approximate surface area is 90.2 Å². The number of likely N-dealkylation sites (tertiary alicyclic amines) is 1. The number of thioether (sulfide) groups is 1. The van der Waals surface area contributed by atoms with E-state index in [1.807, 2.05) is 11.8 Å². The lowest BCUT2D eigenvalue weighted by atomic mass is 10.1. The van der Waals surface area contributed by atoms with Crippen LogP contribution >= 0.6 is 11.8 Å². The number of nitrogens with zero attached hydrogens (tertiary/aromatic N) is 1. The number of rotatable bonds is 3. The Morgan fingerprint density at radius 1 is 1.50 bits per heavy atom. The summed E-state index contributed by atoms with van der Waals surface area (Å²) in [6, 6.07) is 1.07. The highest BCUT2D eigenvalue weighted by atomic mass is 32.2. The molecule has 0 spiro atoms. The fourth-order valence-corrected chi connectivity index (χ4v) is 3.40. The van der Waals surface area contributed by atoms with Crippen molar-refractivity contribution >= 4 is 11.8 Å². The number of hydrogen-bond acceptors (Lipinski definition) is 4. The van der Waals surface area contributed by atoms with Crippen molar-refractivity contribution in [2.75, 3.05) is 31.6 Å². The topological polar surface area (TPSA) is 35.5 Å². The van der Waals surface area contributed by atoms with Crippen molar-refractivity contribution in [1.29, 1.82) is 0 Å². The highest BCUT2D eigenvalue weighted by Crippen LogP contribution is 2.25. The number of hydrogen-bond donors (Lipinski definition) is 2. The Balaban J connectivity index is 1.94. The molecule has 0 bridgehead atoms. The lowest BCUT2D eigenvalue weighted by molar-refractivity contribution is 0.0803. The molecule has 0 amide bonds. The summed E-state index contributed by atoms with van der Waals surface area (Å²) in [6.45, 7) is 2.91. The van der Waals surface area contributed by atoms with E-state index >= 15 is 0 Å². The Morgan fingerprint density at radius 3 is 3.00 bits per heavy atom. The van der Waals surface area contributed by atoms with Gasteiger partial charge in [-0.15, -0.1) is 0 Å². The minimum absolute atomic E-state index is 0.155. The molecule has 2 aliphatic rings. The third-order valence-electron chi connectivity index (χ3n) is 3.36. The maximum absolute atomic E-state index is 9.82. The Kier molecular flexibility index (Phi) is 3.71. The van der Waals surface area contributed by atoms with Crippen molar-refractivity contribution in [3.05, 3.63) is 0 Å². The van der Waals surface area contributed by atoms with Crippen LogP contribution in [0.4, 0.5) is 0 Å². The van der Waals surface area contributed by atoms with E-state index in [1.165, 1.54) is 25.1 Å². The first-order valence-corrected chi connectivity index (χ1v) is 6.86. The number of aliphatic hydroxyl groups excluding tert-OH is 1. The molecule has 2 N–H and O–H groups in total. The molecule has 0 aliphatic carbocycles. The molecule has 2 heterocycles. The van der Waals surface area contributed by atoms with Gasteiger partial charge in [-0.25, -0.2) is 0 Å². The van der Waals surface area contributed by atoms with Crippen LogP contribution in [0.5, 0.6) is 0 Å². The molecule has 2 fully saturated rings. The van der Waals surface area contributed by atoms with Crippen LogP contribution in [0.15, 0.2) is 0 Å². The van der Waals surface area contributed by atoms with E-state index in [0.29, 0.717) is 12.1 Å². The highest BCUT2D eigenvalue weighted by Gasteiger charge is 2.36. The van der Waals surface area contributed by atoms with Crippen molar-refractivity contribution in [2.45, 2.75) is 31.0 Å². The Bertz CT molecular complexity index is 191. The molecular formula is C10H20N2OS. The number of β-amino-alcohol motifs (C(OH)–C–C–N with tert-alkyl or cyclic N) is 1. The summed E-state index contributed by atoms with van der Waals surface area (Å²) in [7, 11) is 0. The summed E-state index contributed by atoms with van der Waals surface area (Å²) in [4.78, 5) is 2.52. The smallest absolute Gasteiger partial charge is 0.0831 e. The molecule has 2 aliphatic heterocycles. The highest BCUT2D eigenvalue weighted by molar-refractivity contribution is 7.98. The third-order valence-corrected chi connectivity index (χ3v) is 4.08. The van der Waals surface area contributed by atoms with Crippen LogP contribution in [-0.4, -0.2) is 59.8 Å². The first-order chi connectivity index (χ1) is 6.83. The third kappa shape index (κ3) is 2.08. The van der Waals surface area contributed by atoms with E-state index in [2.05, 4.69) is 16.5 Å². The Morgan fingerprint density at radius 2 is 2.36 bits per heavy atom. The molecule has 0 aromatic heterocycles. The molecule has 3 atom stereocenters. The van der Waals surface area contributed by atoms with E-state index in [9.17, 15) is 5.11 Å². The van der Waals surface area contributed by atoms with Gasteiger partial charge in [0.15, 0.2) is 0 Å². The summed E-state index contributed by atoms with van der Waals surface area (Å²) >= 11 is 1.92. The summed E-state index contributed by atoms with van der Waals surface area (Å²) < 4.78 is 0. The lowest BCUT2D eigenvalue weighted by Crippen LogP contribution is -2.46. The van der Waals surface area contributed by atoms with Crippen LogP contribution in [0.25, 0.3) is 0 Å². The zero-order chi connectivity index (χ0) is 9.97. The molecule has 0 aromatic carbocycles. The number of nitrogens with one attached hydrogen (secondary N) is 1. The predicted octanol–water partition coefficient (Wildman–Crippen LogP) is 0.146. The summed E-state index contributed by atoms with van der Waals surface area (Å²) in [5.41, 5.74) is 0. The molecule has 4 heteroatoms. The second kappa shape index (κ2) is 4.84. The van der Waals surface area contributed by atoms with E-state index in [4.69, 9.17) is 0 Å². The van der Waals surface area contributed by atoms with Gasteiger partial charge in [0, 0.05) is 30.9 Å². The monoisotopic (exact) mass is 216 g/mol. The van der Waals surface area contributed by atoms with Gasteiger partial charge >= 0.3 is 0 Å². The van der Waals surface area contributed by atoms with Crippen LogP contribution in [0.3, 0.4) is 0 Å². The van der Waals surface area contributed by atoms with E-state index in [1.54, 1.807) is 0 Å². The fourth-order valence-electron chi connectivity index (χ4n) is 2.66. The van der Waals surface area contributed by atoms with Crippen molar-refractivity contribution < 1.29 is 5.11 Å². The molecule has 0 radical (unpaired) electrons. The maximum Gasteiger partial charge on any atom is 0.0831 e. The second-order valence-corrected chi connectivity index (χ2v) is 5.19. The molecule has 2 saturated heterocycles. The van der Waals surface area contributed by atoms with Gasteiger partial charge in [0.1, 0.15) is 0 Å². The predicted molar refractivity (Wildman–Crippen MR) is 60.8 cm³/mol. The van der Waals surface area contributed by atoms with Crippen LogP contribution in [0.2, 0.25) is 0 Å². The quantitative estimate of drug-likeness (QED) is 0.704. The molecular weight excluding hydrogens is 196 g/mol. The summed E-state index contributed by atoms with van der Waals surface area (Å²) in [6.07, 6.45) is 4.62. The normalized spacial score (nSPS) is 39.4. The first kappa shape index (κ1) is 10.7. The van der Waals surface area contributed by atoms with Crippen LogP contribution in [0.1, 0.15) is 12.8 Å². The fraction of sp³-hybridized carbons (Fsp3) is 1.00. The van der Waals surface area contributed by atoms with Crippen molar-refractivity contribution in [3.63, 3.8) is 0 Å². The van der Waals surface area contributed by atoms with Crippen LogP contribution < -0.4 is 5.32 Å². The van der Waals surface area contributed by atoms with Gasteiger partial charge < -0.3 is 10.4 Å². The zero-order valence-corrected chi connectivity index (χ0v) is 9.59. The van der Waals surface area contributed by atoms with Gasteiger partial charge in [-0.2, -0.15) is 11.8 Å². The lowest BCUT2D eigenvalue weighted by Gasteiger charge is -2.31. The van der Waals surface area contributed by atoms with Gasteiger partial charge in [-0.05, 0) is 25.6 Å².